The zero-order chi connectivity index (χ0) is 15.4. The first-order valence-corrected chi connectivity index (χ1v) is 8.12. The van der Waals surface area contributed by atoms with Crippen LogP contribution in [0.1, 0.15) is 23.5 Å². The average Bonchev–Trinajstić information content (AvgIpc) is 3.04. The van der Waals surface area contributed by atoms with E-state index < -0.39 is 0 Å². The molecule has 3 rings (SSSR count). The summed E-state index contributed by atoms with van der Waals surface area (Å²) in [4.78, 5) is 4.72. The first-order chi connectivity index (χ1) is 10.7. The average molecular weight is 310 g/mol. The summed E-state index contributed by atoms with van der Waals surface area (Å²) in [5.74, 6) is 0.299. The molecule has 0 fully saturated rings. The molecular weight excluding hydrogens is 292 g/mol. The van der Waals surface area contributed by atoms with Crippen molar-refractivity contribution in [3.8, 4) is 17.0 Å². The van der Waals surface area contributed by atoms with Gasteiger partial charge in [-0.05, 0) is 24.6 Å². The van der Waals surface area contributed by atoms with E-state index in [1.807, 2.05) is 30.3 Å². The minimum absolute atomic E-state index is 0.171. The molecule has 0 saturated carbocycles. The van der Waals surface area contributed by atoms with Gasteiger partial charge in [0.2, 0.25) is 0 Å². The number of thiazole rings is 1. The lowest BCUT2D eigenvalue weighted by Gasteiger charge is -2.11. The van der Waals surface area contributed by atoms with Crippen LogP contribution >= 0.6 is 11.3 Å². The van der Waals surface area contributed by atoms with Crippen LogP contribution < -0.4 is 5.32 Å². The highest BCUT2D eigenvalue weighted by Gasteiger charge is 2.11. The van der Waals surface area contributed by atoms with Crippen molar-refractivity contribution in [2.24, 2.45) is 0 Å². The van der Waals surface area contributed by atoms with Gasteiger partial charge in [0.05, 0.1) is 11.7 Å². The van der Waals surface area contributed by atoms with Gasteiger partial charge in [0.1, 0.15) is 10.8 Å². The number of nitrogens with one attached hydrogen (secondary N) is 1. The number of rotatable bonds is 5. The van der Waals surface area contributed by atoms with Crippen LogP contribution in [0, 0.1) is 0 Å². The second kappa shape index (κ2) is 6.73. The lowest BCUT2D eigenvalue weighted by atomic mass is 10.2. The van der Waals surface area contributed by atoms with E-state index in [0.717, 1.165) is 21.8 Å². The Bertz CT molecular complexity index is 740. The molecule has 1 aromatic heterocycles. The Morgan fingerprint density at radius 2 is 1.95 bits per heavy atom. The Morgan fingerprint density at radius 1 is 1.14 bits per heavy atom. The smallest absolute Gasteiger partial charge is 0.115 e. The van der Waals surface area contributed by atoms with E-state index >= 15 is 0 Å². The van der Waals surface area contributed by atoms with E-state index in [4.69, 9.17) is 4.98 Å². The van der Waals surface area contributed by atoms with E-state index in [-0.39, 0.29) is 6.04 Å². The number of aromatic hydroxyl groups is 1. The van der Waals surface area contributed by atoms with Crippen LogP contribution in [0.25, 0.3) is 11.3 Å². The van der Waals surface area contributed by atoms with Crippen LogP contribution in [0.2, 0.25) is 0 Å². The molecule has 4 heteroatoms. The predicted molar refractivity (Wildman–Crippen MR) is 90.9 cm³/mol. The first kappa shape index (κ1) is 14.8. The monoisotopic (exact) mass is 310 g/mol. The zero-order valence-corrected chi connectivity index (χ0v) is 13.2. The Kier molecular flexibility index (Phi) is 4.51. The van der Waals surface area contributed by atoms with Crippen molar-refractivity contribution >= 4 is 11.3 Å². The fourth-order valence-corrected chi connectivity index (χ4v) is 3.11. The molecular formula is C18H18N2OS. The van der Waals surface area contributed by atoms with Crippen LogP contribution in [-0.4, -0.2) is 10.1 Å². The number of aromatic nitrogens is 1. The molecule has 0 spiro atoms. The quantitative estimate of drug-likeness (QED) is 0.735. The number of nitrogens with zero attached hydrogens (tertiary/aromatic N) is 1. The molecule has 1 unspecified atom stereocenters. The van der Waals surface area contributed by atoms with Crippen molar-refractivity contribution < 1.29 is 5.11 Å². The zero-order valence-electron chi connectivity index (χ0n) is 12.4. The predicted octanol–water partition coefficient (Wildman–Crippen LogP) is 4.37. The summed E-state index contributed by atoms with van der Waals surface area (Å²) >= 11 is 1.67. The number of hydrogen-bond acceptors (Lipinski definition) is 4. The highest BCUT2D eigenvalue weighted by Crippen LogP contribution is 2.25. The Morgan fingerprint density at radius 3 is 2.73 bits per heavy atom. The summed E-state index contributed by atoms with van der Waals surface area (Å²) in [6, 6.07) is 17.7. The highest BCUT2D eigenvalue weighted by atomic mass is 32.1. The van der Waals surface area contributed by atoms with E-state index in [0.29, 0.717) is 12.3 Å². The van der Waals surface area contributed by atoms with Gasteiger partial charge in [0.15, 0.2) is 0 Å². The lowest BCUT2D eigenvalue weighted by molar-refractivity contribution is 0.473. The molecule has 0 radical (unpaired) electrons. The van der Waals surface area contributed by atoms with Crippen molar-refractivity contribution in [3.63, 3.8) is 0 Å². The molecule has 0 aliphatic heterocycles. The maximum atomic E-state index is 9.49. The second-order valence-electron chi connectivity index (χ2n) is 5.21. The molecule has 3 aromatic rings. The van der Waals surface area contributed by atoms with Crippen molar-refractivity contribution in [2.75, 3.05) is 0 Å². The van der Waals surface area contributed by atoms with Gasteiger partial charge in [-0.2, -0.15) is 0 Å². The molecule has 0 aliphatic rings. The van der Waals surface area contributed by atoms with Gasteiger partial charge in [-0.1, -0.05) is 42.5 Å². The van der Waals surface area contributed by atoms with Crippen molar-refractivity contribution in [1.29, 1.82) is 0 Å². The second-order valence-corrected chi connectivity index (χ2v) is 6.10. The number of hydrogen-bond donors (Lipinski definition) is 2. The molecule has 2 aromatic carbocycles. The fourth-order valence-electron chi connectivity index (χ4n) is 2.25. The minimum Gasteiger partial charge on any atom is -0.508 e. The normalized spacial score (nSPS) is 12.2. The Balaban J connectivity index is 1.66. The SMILES string of the molecule is CC(NCc1cccc(O)c1)c1nc(-c2ccccc2)cs1. The van der Waals surface area contributed by atoms with Gasteiger partial charge in [-0.15, -0.1) is 11.3 Å². The van der Waals surface area contributed by atoms with E-state index in [2.05, 4.69) is 29.8 Å². The summed E-state index contributed by atoms with van der Waals surface area (Å²) in [5.41, 5.74) is 3.23. The van der Waals surface area contributed by atoms with Crippen LogP contribution in [0.3, 0.4) is 0 Å². The fraction of sp³-hybridized carbons (Fsp3) is 0.167. The van der Waals surface area contributed by atoms with Crippen LogP contribution in [0.4, 0.5) is 0 Å². The standard InChI is InChI=1S/C18H18N2OS/c1-13(19-11-14-6-5-9-16(21)10-14)18-20-17(12-22-18)15-7-3-2-4-8-15/h2-10,12-13,19,21H,11H2,1H3. The highest BCUT2D eigenvalue weighted by molar-refractivity contribution is 7.10. The molecule has 112 valence electrons. The third kappa shape index (κ3) is 3.53. The summed E-state index contributed by atoms with van der Waals surface area (Å²) in [6.45, 7) is 2.81. The minimum atomic E-state index is 0.171. The van der Waals surface area contributed by atoms with E-state index in [9.17, 15) is 5.11 Å². The van der Waals surface area contributed by atoms with Crippen LogP contribution in [0.15, 0.2) is 60.0 Å². The van der Waals surface area contributed by atoms with Crippen molar-refractivity contribution in [1.82, 2.24) is 10.3 Å². The van der Waals surface area contributed by atoms with E-state index in [1.165, 1.54) is 0 Å². The third-order valence-electron chi connectivity index (χ3n) is 3.48. The molecule has 0 aliphatic carbocycles. The summed E-state index contributed by atoms with van der Waals surface area (Å²) in [7, 11) is 0. The molecule has 1 heterocycles. The molecule has 0 saturated heterocycles. The molecule has 0 bridgehead atoms. The van der Waals surface area contributed by atoms with E-state index in [1.54, 1.807) is 23.5 Å². The number of phenolic OH excluding ortho intramolecular Hbond substituents is 1. The van der Waals surface area contributed by atoms with Gasteiger partial charge in [-0.25, -0.2) is 4.98 Å². The van der Waals surface area contributed by atoms with Gasteiger partial charge < -0.3 is 10.4 Å². The van der Waals surface area contributed by atoms with Gasteiger partial charge in [0, 0.05) is 17.5 Å². The van der Waals surface area contributed by atoms with Gasteiger partial charge in [0.25, 0.3) is 0 Å². The molecule has 2 N–H and O–H groups in total. The van der Waals surface area contributed by atoms with Crippen LogP contribution in [0.5, 0.6) is 5.75 Å². The number of phenols is 1. The van der Waals surface area contributed by atoms with Crippen LogP contribution in [-0.2, 0) is 6.54 Å². The maximum Gasteiger partial charge on any atom is 0.115 e. The third-order valence-corrected chi connectivity index (χ3v) is 4.51. The summed E-state index contributed by atoms with van der Waals surface area (Å²) < 4.78 is 0. The maximum absolute atomic E-state index is 9.49. The molecule has 0 amide bonds. The summed E-state index contributed by atoms with van der Waals surface area (Å²) in [5, 5.41) is 16.1. The first-order valence-electron chi connectivity index (χ1n) is 7.24. The largest absolute Gasteiger partial charge is 0.508 e. The molecule has 1 atom stereocenters. The Labute approximate surface area is 134 Å². The summed E-state index contributed by atoms with van der Waals surface area (Å²) in [6.07, 6.45) is 0. The lowest BCUT2D eigenvalue weighted by Crippen LogP contribution is -2.17. The number of benzene rings is 2. The topological polar surface area (TPSA) is 45.1 Å². The molecule has 22 heavy (non-hydrogen) atoms. The molecule has 3 nitrogen and oxygen atoms in total. The van der Waals surface area contributed by atoms with Gasteiger partial charge in [-0.3, -0.25) is 0 Å². The Hall–Kier alpha value is -2.17. The van der Waals surface area contributed by atoms with Crippen molar-refractivity contribution in [3.05, 3.63) is 70.5 Å². The van der Waals surface area contributed by atoms with Gasteiger partial charge >= 0.3 is 0 Å². The van der Waals surface area contributed by atoms with Crippen molar-refractivity contribution in [2.45, 2.75) is 19.5 Å².